The predicted octanol–water partition coefficient (Wildman–Crippen LogP) is 1.27. The van der Waals surface area contributed by atoms with Crippen molar-refractivity contribution in [2.75, 3.05) is 13.1 Å². The van der Waals surface area contributed by atoms with Gasteiger partial charge in [0.15, 0.2) is 0 Å². The average molecular weight is 305 g/mol. The van der Waals surface area contributed by atoms with Gasteiger partial charge in [0.25, 0.3) is 5.91 Å². The lowest BCUT2D eigenvalue weighted by atomic mass is 10.1. The van der Waals surface area contributed by atoms with Crippen LogP contribution in [0.15, 0.2) is 24.1 Å². The molecule has 1 aliphatic rings. The summed E-state index contributed by atoms with van der Waals surface area (Å²) in [6, 6.07) is 0.208. The molecule has 6 nitrogen and oxygen atoms in total. The second kappa shape index (κ2) is 6.36. The van der Waals surface area contributed by atoms with Crippen molar-refractivity contribution in [2.24, 2.45) is 7.05 Å². The summed E-state index contributed by atoms with van der Waals surface area (Å²) < 4.78 is 1.64. The fourth-order valence-electron chi connectivity index (χ4n) is 2.66. The Morgan fingerprint density at radius 1 is 1.52 bits per heavy atom. The van der Waals surface area contributed by atoms with E-state index in [1.165, 1.54) is 4.88 Å². The zero-order valence-corrected chi connectivity index (χ0v) is 12.8. The summed E-state index contributed by atoms with van der Waals surface area (Å²) in [5.41, 5.74) is 2.48. The number of aryl methyl sites for hydroxylation is 1. The van der Waals surface area contributed by atoms with Crippen LogP contribution in [0.1, 0.15) is 28.1 Å². The van der Waals surface area contributed by atoms with Crippen LogP contribution >= 0.6 is 11.3 Å². The summed E-state index contributed by atoms with van der Waals surface area (Å²) in [6.45, 7) is 2.89. The Morgan fingerprint density at radius 3 is 3.14 bits per heavy atom. The summed E-state index contributed by atoms with van der Waals surface area (Å²) in [7, 11) is 1.81. The van der Waals surface area contributed by atoms with Gasteiger partial charge in [0, 0.05) is 43.4 Å². The van der Waals surface area contributed by atoms with Crippen molar-refractivity contribution in [2.45, 2.75) is 25.4 Å². The number of carbonyl (C=O) groups is 1. The number of piperidine rings is 1. The molecule has 1 aliphatic heterocycles. The molecule has 1 unspecified atom stereocenters. The largest absolute Gasteiger partial charge is 0.348 e. The van der Waals surface area contributed by atoms with Gasteiger partial charge < -0.3 is 5.32 Å². The quantitative estimate of drug-likeness (QED) is 0.924. The van der Waals surface area contributed by atoms with E-state index >= 15 is 0 Å². The maximum Gasteiger partial charge on any atom is 0.254 e. The molecule has 2 aromatic heterocycles. The number of likely N-dealkylation sites (tertiary alicyclic amines) is 1. The van der Waals surface area contributed by atoms with Crippen LogP contribution in [-0.2, 0) is 13.6 Å². The van der Waals surface area contributed by atoms with Crippen LogP contribution in [0.25, 0.3) is 0 Å². The second-order valence-corrected chi connectivity index (χ2v) is 6.39. The molecule has 21 heavy (non-hydrogen) atoms. The topological polar surface area (TPSA) is 63.1 Å². The van der Waals surface area contributed by atoms with Crippen LogP contribution in [0, 0.1) is 0 Å². The van der Waals surface area contributed by atoms with Gasteiger partial charge in [0.05, 0.1) is 17.3 Å². The molecule has 3 heterocycles. The monoisotopic (exact) mass is 305 g/mol. The van der Waals surface area contributed by atoms with Crippen LogP contribution in [0.2, 0.25) is 0 Å². The first-order chi connectivity index (χ1) is 10.2. The summed E-state index contributed by atoms with van der Waals surface area (Å²) in [5.74, 6) is -0.0345. The summed E-state index contributed by atoms with van der Waals surface area (Å²) >= 11 is 1.68. The lowest BCUT2D eigenvalue weighted by molar-refractivity contribution is 0.0901. The molecular formula is C14H19N5OS. The van der Waals surface area contributed by atoms with Crippen molar-refractivity contribution in [3.05, 3.63) is 34.5 Å². The molecule has 1 N–H and O–H groups in total. The maximum atomic E-state index is 12.2. The van der Waals surface area contributed by atoms with E-state index in [1.807, 2.05) is 18.8 Å². The summed E-state index contributed by atoms with van der Waals surface area (Å²) in [4.78, 5) is 19.9. The van der Waals surface area contributed by atoms with Crippen LogP contribution in [0.4, 0.5) is 0 Å². The van der Waals surface area contributed by atoms with E-state index < -0.39 is 0 Å². The van der Waals surface area contributed by atoms with E-state index in [2.05, 4.69) is 20.3 Å². The van der Waals surface area contributed by atoms with Crippen LogP contribution in [-0.4, -0.2) is 44.7 Å². The van der Waals surface area contributed by atoms with Gasteiger partial charge in [-0.3, -0.25) is 19.4 Å². The van der Waals surface area contributed by atoms with Crippen molar-refractivity contribution in [3.8, 4) is 0 Å². The molecule has 7 heteroatoms. The van der Waals surface area contributed by atoms with Crippen molar-refractivity contribution < 1.29 is 4.79 Å². The van der Waals surface area contributed by atoms with Crippen molar-refractivity contribution in [1.29, 1.82) is 0 Å². The van der Waals surface area contributed by atoms with Gasteiger partial charge in [-0.1, -0.05) is 0 Å². The second-order valence-electron chi connectivity index (χ2n) is 5.42. The van der Waals surface area contributed by atoms with E-state index in [9.17, 15) is 4.79 Å². The standard InChI is InChI=1S/C14H19N5OS/c1-18-7-11(5-16-18)14(20)17-12-3-2-4-19(8-12)9-13-6-15-10-21-13/h5-7,10,12H,2-4,8-9H2,1H3,(H,17,20). The Balaban J connectivity index is 1.55. The van der Waals surface area contributed by atoms with E-state index in [4.69, 9.17) is 0 Å². The minimum absolute atomic E-state index is 0.0345. The molecule has 0 aliphatic carbocycles. The number of aromatic nitrogens is 3. The molecule has 2 aromatic rings. The van der Waals surface area contributed by atoms with Gasteiger partial charge in [-0.2, -0.15) is 5.10 Å². The minimum atomic E-state index is -0.0345. The molecule has 0 saturated carbocycles. The van der Waals surface area contributed by atoms with Crippen LogP contribution in [0.5, 0.6) is 0 Å². The molecule has 3 rings (SSSR count). The van der Waals surface area contributed by atoms with Crippen LogP contribution in [0.3, 0.4) is 0 Å². The van der Waals surface area contributed by atoms with Gasteiger partial charge >= 0.3 is 0 Å². The van der Waals surface area contributed by atoms with Gasteiger partial charge in [-0.15, -0.1) is 11.3 Å². The Hall–Kier alpha value is -1.73. The van der Waals surface area contributed by atoms with Crippen molar-refractivity contribution >= 4 is 17.2 Å². The van der Waals surface area contributed by atoms with E-state index in [0.717, 1.165) is 32.5 Å². The number of thiazole rings is 1. The Kier molecular flexibility index (Phi) is 4.31. The lowest BCUT2D eigenvalue weighted by Crippen LogP contribution is -2.47. The van der Waals surface area contributed by atoms with Crippen LogP contribution < -0.4 is 5.32 Å². The third-order valence-corrected chi connectivity index (χ3v) is 4.44. The number of nitrogens with one attached hydrogen (secondary N) is 1. The van der Waals surface area contributed by atoms with Crippen molar-refractivity contribution in [3.63, 3.8) is 0 Å². The first-order valence-corrected chi connectivity index (χ1v) is 7.98. The number of rotatable bonds is 4. The highest BCUT2D eigenvalue weighted by atomic mass is 32.1. The molecule has 1 amide bonds. The third-order valence-electron chi connectivity index (χ3n) is 3.67. The van der Waals surface area contributed by atoms with Crippen molar-refractivity contribution in [1.82, 2.24) is 25.0 Å². The average Bonchev–Trinajstić information content (AvgIpc) is 3.11. The zero-order valence-electron chi connectivity index (χ0n) is 12.0. The number of carbonyl (C=O) groups excluding carboxylic acids is 1. The first-order valence-electron chi connectivity index (χ1n) is 7.10. The normalized spacial score (nSPS) is 19.6. The third kappa shape index (κ3) is 3.68. The zero-order chi connectivity index (χ0) is 14.7. The molecular weight excluding hydrogens is 286 g/mol. The highest BCUT2D eigenvalue weighted by Gasteiger charge is 2.22. The number of amides is 1. The Labute approximate surface area is 127 Å². The molecule has 112 valence electrons. The molecule has 1 atom stereocenters. The molecule has 0 bridgehead atoms. The lowest BCUT2D eigenvalue weighted by Gasteiger charge is -2.32. The van der Waals surface area contributed by atoms with E-state index in [-0.39, 0.29) is 11.9 Å². The molecule has 0 radical (unpaired) electrons. The number of nitrogens with zero attached hydrogens (tertiary/aromatic N) is 4. The van der Waals surface area contributed by atoms with Gasteiger partial charge in [0.1, 0.15) is 0 Å². The Bertz CT molecular complexity index is 594. The SMILES string of the molecule is Cn1cc(C(=O)NC2CCCN(Cc3cncs3)C2)cn1. The molecule has 0 aromatic carbocycles. The maximum absolute atomic E-state index is 12.2. The summed E-state index contributed by atoms with van der Waals surface area (Å²) in [5, 5.41) is 7.15. The smallest absolute Gasteiger partial charge is 0.254 e. The van der Waals surface area contributed by atoms with E-state index in [0.29, 0.717) is 5.56 Å². The number of hydrogen-bond acceptors (Lipinski definition) is 5. The summed E-state index contributed by atoms with van der Waals surface area (Å²) in [6.07, 6.45) is 7.41. The fraction of sp³-hybridized carbons (Fsp3) is 0.500. The molecule has 0 spiro atoms. The molecule has 1 fully saturated rings. The fourth-order valence-corrected chi connectivity index (χ4v) is 3.30. The Morgan fingerprint density at radius 2 is 2.43 bits per heavy atom. The highest BCUT2D eigenvalue weighted by Crippen LogP contribution is 2.16. The highest BCUT2D eigenvalue weighted by molar-refractivity contribution is 7.09. The van der Waals surface area contributed by atoms with Gasteiger partial charge in [-0.05, 0) is 19.4 Å². The minimum Gasteiger partial charge on any atom is -0.348 e. The predicted molar refractivity (Wildman–Crippen MR) is 81.1 cm³/mol. The van der Waals surface area contributed by atoms with Gasteiger partial charge in [0.2, 0.25) is 0 Å². The van der Waals surface area contributed by atoms with Gasteiger partial charge in [-0.25, -0.2) is 0 Å². The molecule has 1 saturated heterocycles. The first kappa shape index (κ1) is 14.2. The van der Waals surface area contributed by atoms with E-state index in [1.54, 1.807) is 28.4 Å². The number of hydrogen-bond donors (Lipinski definition) is 1.